The first kappa shape index (κ1) is 15.7. The summed E-state index contributed by atoms with van der Waals surface area (Å²) in [5.41, 5.74) is -0.886. The monoisotopic (exact) mass is 278 g/mol. The first-order valence-electron chi connectivity index (χ1n) is 6.89. The Kier molecular flexibility index (Phi) is 6.04. The van der Waals surface area contributed by atoms with E-state index in [0.717, 1.165) is 17.7 Å². The van der Waals surface area contributed by atoms with E-state index in [9.17, 15) is 10.1 Å². The molecule has 4 heteroatoms. The fourth-order valence-electron chi connectivity index (χ4n) is 2.14. The number of amides is 1. The Morgan fingerprint density at radius 3 is 2.58 bits per heavy atom. The van der Waals surface area contributed by atoms with Gasteiger partial charge < -0.3 is 5.32 Å². The van der Waals surface area contributed by atoms with Gasteiger partial charge in [-0.1, -0.05) is 33.3 Å². The van der Waals surface area contributed by atoms with E-state index >= 15 is 0 Å². The number of carbonyl (C=O) groups is 1. The molecule has 1 unspecified atom stereocenters. The van der Waals surface area contributed by atoms with Crippen molar-refractivity contribution in [1.29, 1.82) is 5.26 Å². The largest absolute Gasteiger partial charge is 0.347 e. The summed E-state index contributed by atoms with van der Waals surface area (Å²) in [6, 6.07) is 6.26. The molecule has 0 bridgehead atoms. The molecule has 19 heavy (non-hydrogen) atoms. The normalized spacial score (nSPS) is 12.7. The number of nitriles is 1. The number of carbonyl (C=O) groups excluding carboxylic acids is 1. The van der Waals surface area contributed by atoms with Crippen LogP contribution in [0.5, 0.6) is 0 Å². The summed E-state index contributed by atoms with van der Waals surface area (Å²) < 4.78 is 0. The predicted molar refractivity (Wildman–Crippen MR) is 78.7 cm³/mol. The molecule has 1 aromatic heterocycles. The van der Waals surface area contributed by atoms with Crippen molar-refractivity contribution < 1.29 is 4.79 Å². The molecule has 1 rings (SSSR count). The maximum Gasteiger partial charge on any atom is 0.240 e. The topological polar surface area (TPSA) is 52.9 Å². The summed E-state index contributed by atoms with van der Waals surface area (Å²) in [6.07, 6.45) is 3.01. The van der Waals surface area contributed by atoms with Crippen LogP contribution < -0.4 is 5.32 Å². The molecule has 0 aromatic carbocycles. The van der Waals surface area contributed by atoms with Gasteiger partial charge in [-0.3, -0.25) is 4.79 Å². The van der Waals surface area contributed by atoms with Crippen LogP contribution in [0.4, 0.5) is 0 Å². The Morgan fingerprint density at radius 1 is 1.47 bits per heavy atom. The molecule has 0 radical (unpaired) electrons. The van der Waals surface area contributed by atoms with Gasteiger partial charge in [0.1, 0.15) is 5.41 Å². The number of rotatable bonds is 7. The van der Waals surface area contributed by atoms with E-state index in [1.165, 1.54) is 0 Å². The van der Waals surface area contributed by atoms with Gasteiger partial charge >= 0.3 is 0 Å². The lowest BCUT2D eigenvalue weighted by molar-refractivity contribution is -0.129. The van der Waals surface area contributed by atoms with Gasteiger partial charge in [0.2, 0.25) is 5.91 Å². The van der Waals surface area contributed by atoms with Crippen molar-refractivity contribution >= 4 is 17.2 Å². The van der Waals surface area contributed by atoms with Crippen LogP contribution in [0.25, 0.3) is 0 Å². The zero-order valence-corrected chi connectivity index (χ0v) is 12.7. The molecule has 1 atom stereocenters. The van der Waals surface area contributed by atoms with Gasteiger partial charge in [-0.25, -0.2) is 0 Å². The van der Waals surface area contributed by atoms with Gasteiger partial charge in [-0.15, -0.1) is 11.3 Å². The third kappa shape index (κ3) is 3.57. The molecule has 0 aliphatic heterocycles. The predicted octanol–water partition coefficient (Wildman–Crippen LogP) is 4.04. The van der Waals surface area contributed by atoms with E-state index in [1.807, 2.05) is 31.4 Å². The number of nitrogens with one attached hydrogen (secondary N) is 1. The van der Waals surface area contributed by atoms with E-state index in [2.05, 4.69) is 18.3 Å². The molecule has 1 amide bonds. The first-order valence-corrected chi connectivity index (χ1v) is 7.77. The first-order chi connectivity index (χ1) is 9.13. The van der Waals surface area contributed by atoms with Crippen LogP contribution >= 0.6 is 11.3 Å². The minimum absolute atomic E-state index is 0.0309. The van der Waals surface area contributed by atoms with Crippen molar-refractivity contribution in [2.75, 3.05) is 0 Å². The Balaban J connectivity index is 2.85. The number of thiophene rings is 1. The standard InChI is InChI=1S/C15H22N2OS/c1-4-8-12(13-9-7-10-19-13)17-14(18)15(5-2,6-3)11-16/h7,9-10,12H,4-6,8H2,1-3H3,(H,17,18). The molecule has 0 aliphatic carbocycles. The van der Waals surface area contributed by atoms with Crippen LogP contribution in [0.2, 0.25) is 0 Å². The van der Waals surface area contributed by atoms with Gasteiger partial charge in [-0.2, -0.15) is 5.26 Å². The van der Waals surface area contributed by atoms with Crippen molar-refractivity contribution in [3.63, 3.8) is 0 Å². The van der Waals surface area contributed by atoms with Crippen LogP contribution in [0.3, 0.4) is 0 Å². The van der Waals surface area contributed by atoms with E-state index in [-0.39, 0.29) is 11.9 Å². The highest BCUT2D eigenvalue weighted by atomic mass is 32.1. The fraction of sp³-hybridized carbons (Fsp3) is 0.600. The highest BCUT2D eigenvalue weighted by Crippen LogP contribution is 2.29. The molecular weight excluding hydrogens is 256 g/mol. The van der Waals surface area contributed by atoms with E-state index in [4.69, 9.17) is 0 Å². The smallest absolute Gasteiger partial charge is 0.240 e. The van der Waals surface area contributed by atoms with Crippen LogP contribution in [0.15, 0.2) is 17.5 Å². The Bertz CT molecular complexity index is 429. The summed E-state index contributed by atoms with van der Waals surface area (Å²) in [6.45, 7) is 5.89. The van der Waals surface area contributed by atoms with Gasteiger partial charge in [-0.05, 0) is 30.7 Å². The van der Waals surface area contributed by atoms with Crippen LogP contribution in [0.1, 0.15) is 57.4 Å². The highest BCUT2D eigenvalue weighted by Gasteiger charge is 2.36. The third-order valence-electron chi connectivity index (χ3n) is 3.63. The Hall–Kier alpha value is -1.34. The molecule has 0 fully saturated rings. The molecule has 0 saturated carbocycles. The molecule has 104 valence electrons. The fourth-order valence-corrected chi connectivity index (χ4v) is 2.95. The molecule has 1 heterocycles. The summed E-state index contributed by atoms with van der Waals surface area (Å²) in [4.78, 5) is 13.6. The van der Waals surface area contributed by atoms with E-state index < -0.39 is 5.41 Å². The lowest BCUT2D eigenvalue weighted by Crippen LogP contribution is -2.41. The third-order valence-corrected chi connectivity index (χ3v) is 4.61. The number of hydrogen-bond donors (Lipinski definition) is 1. The van der Waals surface area contributed by atoms with Gasteiger partial charge in [0.05, 0.1) is 12.1 Å². The second kappa shape index (κ2) is 7.30. The molecule has 0 aliphatic rings. The molecular formula is C15H22N2OS. The molecule has 0 saturated heterocycles. The van der Waals surface area contributed by atoms with Gasteiger partial charge in [0.15, 0.2) is 0 Å². The lowest BCUT2D eigenvalue weighted by atomic mass is 9.82. The quantitative estimate of drug-likeness (QED) is 0.818. The van der Waals surface area contributed by atoms with Gasteiger partial charge in [0, 0.05) is 4.88 Å². The zero-order chi connectivity index (χ0) is 14.3. The SMILES string of the molecule is CCCC(NC(=O)C(C#N)(CC)CC)c1cccs1. The van der Waals surface area contributed by atoms with Gasteiger partial charge in [0.25, 0.3) is 0 Å². The molecule has 1 N–H and O–H groups in total. The van der Waals surface area contributed by atoms with E-state index in [1.54, 1.807) is 11.3 Å². The van der Waals surface area contributed by atoms with Crippen LogP contribution in [-0.2, 0) is 4.79 Å². The summed E-state index contributed by atoms with van der Waals surface area (Å²) in [5.74, 6) is -0.133. The van der Waals surface area contributed by atoms with Crippen LogP contribution in [-0.4, -0.2) is 5.91 Å². The van der Waals surface area contributed by atoms with Crippen molar-refractivity contribution in [3.05, 3.63) is 22.4 Å². The summed E-state index contributed by atoms with van der Waals surface area (Å²) in [5, 5.41) is 14.4. The maximum absolute atomic E-state index is 12.4. The van der Waals surface area contributed by atoms with Crippen molar-refractivity contribution in [2.45, 2.75) is 52.5 Å². The van der Waals surface area contributed by atoms with Crippen molar-refractivity contribution in [3.8, 4) is 6.07 Å². The number of hydrogen-bond acceptors (Lipinski definition) is 3. The summed E-state index contributed by atoms with van der Waals surface area (Å²) >= 11 is 1.65. The minimum atomic E-state index is -0.886. The Morgan fingerprint density at radius 2 is 2.16 bits per heavy atom. The zero-order valence-electron chi connectivity index (χ0n) is 11.9. The van der Waals surface area contributed by atoms with Crippen molar-refractivity contribution in [1.82, 2.24) is 5.32 Å². The average Bonchev–Trinajstić information content (AvgIpc) is 2.95. The summed E-state index contributed by atoms with van der Waals surface area (Å²) in [7, 11) is 0. The average molecular weight is 278 g/mol. The Labute approximate surface area is 119 Å². The molecule has 3 nitrogen and oxygen atoms in total. The second-order valence-corrected chi connectivity index (χ2v) is 5.71. The van der Waals surface area contributed by atoms with Crippen LogP contribution in [0, 0.1) is 16.7 Å². The maximum atomic E-state index is 12.4. The molecule has 1 aromatic rings. The molecule has 0 spiro atoms. The number of nitrogens with zero attached hydrogens (tertiary/aromatic N) is 1. The van der Waals surface area contributed by atoms with E-state index in [0.29, 0.717) is 12.8 Å². The lowest BCUT2D eigenvalue weighted by Gasteiger charge is -2.26. The van der Waals surface area contributed by atoms with Crippen molar-refractivity contribution in [2.24, 2.45) is 5.41 Å². The second-order valence-electron chi connectivity index (χ2n) is 4.73. The highest BCUT2D eigenvalue weighted by molar-refractivity contribution is 7.10. The minimum Gasteiger partial charge on any atom is -0.347 e.